The lowest BCUT2D eigenvalue weighted by molar-refractivity contribution is -0.158. The molecule has 0 saturated carbocycles. The van der Waals surface area contributed by atoms with Crippen LogP contribution in [0.5, 0.6) is 0 Å². The number of likely N-dealkylation sites (tertiary alicyclic amines) is 1. The Bertz CT molecular complexity index is 1130. The summed E-state index contributed by atoms with van der Waals surface area (Å²) in [6.45, 7) is 2.93. The summed E-state index contributed by atoms with van der Waals surface area (Å²) in [6, 6.07) is 6.20. The highest BCUT2D eigenvalue weighted by molar-refractivity contribution is 7.17. The Kier molecular flexibility index (Phi) is 4.77. The van der Waals surface area contributed by atoms with E-state index in [9.17, 15) is 14.0 Å². The number of hydrogen-bond acceptors (Lipinski definition) is 4. The fourth-order valence-electron chi connectivity index (χ4n) is 3.40. The van der Waals surface area contributed by atoms with Gasteiger partial charge in [0.05, 0.1) is 29.1 Å². The van der Waals surface area contributed by atoms with E-state index in [4.69, 9.17) is 16.3 Å². The number of carbonyl (C=O) groups is 1. The van der Waals surface area contributed by atoms with Crippen LogP contribution in [-0.4, -0.2) is 41.2 Å². The predicted molar refractivity (Wildman–Crippen MR) is 108 cm³/mol. The summed E-state index contributed by atoms with van der Waals surface area (Å²) < 4.78 is 21.1. The van der Waals surface area contributed by atoms with Gasteiger partial charge in [0.15, 0.2) is 0 Å². The largest absolute Gasteiger partial charge is 0.375 e. The van der Waals surface area contributed by atoms with Gasteiger partial charge in [0, 0.05) is 29.0 Å². The van der Waals surface area contributed by atoms with Gasteiger partial charge in [0.2, 0.25) is 5.91 Å². The van der Waals surface area contributed by atoms with Crippen molar-refractivity contribution in [1.29, 1.82) is 0 Å². The Balaban J connectivity index is 1.66. The van der Waals surface area contributed by atoms with Crippen molar-refractivity contribution in [3.63, 3.8) is 0 Å². The van der Waals surface area contributed by atoms with Crippen LogP contribution < -0.4 is 5.56 Å². The maximum absolute atomic E-state index is 13.5. The molecular formula is C20H18ClFN2O3S. The molecule has 8 heteroatoms. The second kappa shape index (κ2) is 6.99. The van der Waals surface area contributed by atoms with Gasteiger partial charge in [0.1, 0.15) is 12.4 Å². The minimum atomic E-state index is -0.509. The second-order valence-corrected chi connectivity index (χ2v) is 8.49. The van der Waals surface area contributed by atoms with Crippen molar-refractivity contribution in [1.82, 2.24) is 9.47 Å². The Labute approximate surface area is 169 Å². The zero-order chi connectivity index (χ0) is 20.1. The average molecular weight is 421 g/mol. The van der Waals surface area contributed by atoms with Crippen molar-refractivity contribution in [2.75, 3.05) is 20.2 Å². The molecule has 3 heterocycles. The highest BCUT2D eigenvalue weighted by Gasteiger charge is 2.41. The summed E-state index contributed by atoms with van der Waals surface area (Å²) in [5, 5.41) is 2.36. The van der Waals surface area contributed by atoms with Crippen LogP contribution in [0.25, 0.3) is 21.2 Å². The first-order valence-electron chi connectivity index (χ1n) is 8.70. The van der Waals surface area contributed by atoms with Crippen LogP contribution in [0, 0.1) is 5.82 Å². The van der Waals surface area contributed by atoms with Crippen molar-refractivity contribution < 1.29 is 13.9 Å². The number of benzene rings is 1. The first kappa shape index (κ1) is 19.1. The number of nitrogens with zero attached hydrogens (tertiary/aromatic N) is 2. The minimum absolute atomic E-state index is 0.00209. The summed E-state index contributed by atoms with van der Waals surface area (Å²) >= 11 is 7.32. The molecule has 1 fully saturated rings. The normalized spacial score (nSPS) is 15.6. The molecule has 146 valence electrons. The summed E-state index contributed by atoms with van der Waals surface area (Å²) in [4.78, 5) is 27.2. The number of rotatable bonds is 4. The maximum Gasteiger partial charge on any atom is 0.260 e. The smallest absolute Gasteiger partial charge is 0.260 e. The minimum Gasteiger partial charge on any atom is -0.375 e. The number of ether oxygens (including phenoxy) is 1. The van der Waals surface area contributed by atoms with E-state index in [1.54, 1.807) is 24.3 Å². The number of thiophene rings is 1. The number of hydrogen-bond donors (Lipinski definition) is 0. The van der Waals surface area contributed by atoms with Gasteiger partial charge in [-0.25, -0.2) is 4.39 Å². The Hall–Kier alpha value is -2.22. The monoisotopic (exact) mass is 420 g/mol. The number of amides is 1. The van der Waals surface area contributed by atoms with Gasteiger partial charge < -0.3 is 14.2 Å². The van der Waals surface area contributed by atoms with E-state index in [-0.39, 0.29) is 28.6 Å². The average Bonchev–Trinajstić information content (AvgIpc) is 3.08. The number of halogens is 2. The van der Waals surface area contributed by atoms with Gasteiger partial charge in [-0.3, -0.25) is 9.59 Å². The van der Waals surface area contributed by atoms with E-state index >= 15 is 0 Å². The lowest BCUT2D eigenvalue weighted by atomic mass is 9.96. The molecule has 0 N–H and O–H groups in total. The van der Waals surface area contributed by atoms with Gasteiger partial charge in [-0.15, -0.1) is 11.3 Å². The van der Waals surface area contributed by atoms with E-state index in [0.717, 1.165) is 4.70 Å². The molecule has 3 aromatic rings. The lowest BCUT2D eigenvalue weighted by Crippen LogP contribution is -2.63. The zero-order valence-electron chi connectivity index (χ0n) is 15.4. The van der Waals surface area contributed by atoms with Crippen LogP contribution in [-0.2, 0) is 16.1 Å². The molecule has 5 nitrogen and oxygen atoms in total. The van der Waals surface area contributed by atoms with Crippen LogP contribution >= 0.6 is 22.9 Å². The zero-order valence-corrected chi connectivity index (χ0v) is 16.9. The molecule has 4 rings (SSSR count). The highest BCUT2D eigenvalue weighted by atomic mass is 35.5. The third-order valence-corrected chi connectivity index (χ3v) is 6.37. The van der Waals surface area contributed by atoms with E-state index in [2.05, 4.69) is 0 Å². The molecule has 0 radical (unpaired) electrons. The topological polar surface area (TPSA) is 51.5 Å². The molecule has 1 saturated heterocycles. The highest BCUT2D eigenvalue weighted by Crippen LogP contribution is 2.33. The summed E-state index contributed by atoms with van der Waals surface area (Å²) in [7, 11) is 1.63. The molecule has 0 unspecified atom stereocenters. The van der Waals surface area contributed by atoms with Crippen LogP contribution in [0.4, 0.5) is 4.39 Å². The molecule has 1 aromatic carbocycles. The molecule has 0 aliphatic carbocycles. The predicted octanol–water partition coefficient (Wildman–Crippen LogP) is 3.77. The van der Waals surface area contributed by atoms with E-state index in [1.165, 1.54) is 28.0 Å². The van der Waals surface area contributed by atoms with Crippen molar-refractivity contribution in [3.05, 3.63) is 57.0 Å². The number of aromatic nitrogens is 1. The maximum atomic E-state index is 13.5. The van der Waals surface area contributed by atoms with Crippen molar-refractivity contribution in [2.45, 2.75) is 19.1 Å². The Morgan fingerprint density at radius 2 is 2.11 bits per heavy atom. The first-order valence-corrected chi connectivity index (χ1v) is 9.96. The van der Waals surface area contributed by atoms with E-state index in [1.807, 2.05) is 18.4 Å². The molecule has 0 atom stereocenters. The van der Waals surface area contributed by atoms with Gasteiger partial charge >= 0.3 is 0 Å². The quantitative estimate of drug-likeness (QED) is 0.645. The molecule has 28 heavy (non-hydrogen) atoms. The lowest BCUT2D eigenvalue weighted by Gasteiger charge is -2.46. The fourth-order valence-corrected chi connectivity index (χ4v) is 4.53. The van der Waals surface area contributed by atoms with Crippen molar-refractivity contribution in [3.8, 4) is 11.1 Å². The van der Waals surface area contributed by atoms with Crippen LogP contribution in [0.1, 0.15) is 6.92 Å². The summed E-state index contributed by atoms with van der Waals surface area (Å²) in [5.41, 5.74) is 0.784. The number of methoxy groups -OCH3 is 1. The Morgan fingerprint density at radius 3 is 2.79 bits per heavy atom. The van der Waals surface area contributed by atoms with Gasteiger partial charge in [-0.2, -0.15) is 0 Å². The number of pyridine rings is 1. The molecular weight excluding hydrogens is 403 g/mol. The standard InChI is InChI=1S/C20H18ClFN2O3S/c1-20(27-2)10-24(11-20)17(25)8-23-6-5-16-18(19(23)26)13(9-28-16)12-3-4-15(22)14(21)7-12/h3-7,9H,8,10-11H2,1-2H3. The van der Waals surface area contributed by atoms with Crippen LogP contribution in [0.2, 0.25) is 5.02 Å². The SMILES string of the molecule is COC1(C)CN(C(=O)Cn2ccc3scc(-c4ccc(F)c(Cl)c4)c3c2=O)C1. The first-order chi connectivity index (χ1) is 13.3. The van der Waals surface area contributed by atoms with Gasteiger partial charge in [-0.05, 0) is 30.7 Å². The van der Waals surface area contributed by atoms with Crippen LogP contribution in [0.15, 0.2) is 40.6 Å². The molecule has 0 spiro atoms. The second-order valence-electron chi connectivity index (χ2n) is 7.17. The summed E-state index contributed by atoms with van der Waals surface area (Å²) in [6.07, 6.45) is 1.63. The van der Waals surface area contributed by atoms with E-state index in [0.29, 0.717) is 29.6 Å². The van der Waals surface area contributed by atoms with E-state index < -0.39 is 5.82 Å². The van der Waals surface area contributed by atoms with Gasteiger partial charge in [-0.1, -0.05) is 17.7 Å². The third kappa shape index (κ3) is 3.23. The summed E-state index contributed by atoms with van der Waals surface area (Å²) in [5.74, 6) is -0.636. The van der Waals surface area contributed by atoms with Crippen molar-refractivity contribution in [2.24, 2.45) is 0 Å². The Morgan fingerprint density at radius 1 is 1.36 bits per heavy atom. The van der Waals surface area contributed by atoms with Gasteiger partial charge in [0.25, 0.3) is 5.56 Å². The molecule has 1 aliphatic heterocycles. The molecule has 0 bridgehead atoms. The number of carbonyl (C=O) groups excluding carboxylic acids is 1. The van der Waals surface area contributed by atoms with Crippen LogP contribution in [0.3, 0.4) is 0 Å². The van der Waals surface area contributed by atoms with Crippen molar-refractivity contribution >= 4 is 38.9 Å². The molecule has 1 aliphatic rings. The molecule has 1 amide bonds. The third-order valence-electron chi connectivity index (χ3n) is 5.13. The number of fused-ring (bicyclic) bond motifs is 1. The fraction of sp³-hybridized carbons (Fsp3) is 0.300. The molecule has 2 aromatic heterocycles.